The van der Waals surface area contributed by atoms with Gasteiger partial charge in [0.2, 0.25) is 0 Å². The fraction of sp³-hybridized carbons (Fsp3) is 0.415. The molecular weight excluding hydrogens is 806 g/mol. The molecule has 1 heterocycles. The minimum Gasteiger partial charge on any atom is -0.311 e. The van der Waals surface area contributed by atoms with Crippen molar-refractivity contribution in [3.8, 4) is 11.1 Å². The fourth-order valence-corrected chi connectivity index (χ4v) is 12.8. The van der Waals surface area contributed by atoms with Crippen molar-refractivity contribution in [3.05, 3.63) is 175 Å². The van der Waals surface area contributed by atoms with Gasteiger partial charge in [-0.3, -0.25) is 0 Å². The van der Waals surface area contributed by atoms with E-state index in [4.69, 9.17) is 0 Å². The lowest BCUT2D eigenvalue weighted by atomic mass is 9.51. The molecule has 9 rings (SSSR count). The van der Waals surface area contributed by atoms with E-state index in [1.807, 2.05) is 0 Å². The number of aryl methyl sites for hydroxylation is 1. The van der Waals surface area contributed by atoms with E-state index in [1.165, 1.54) is 124 Å². The maximum atomic E-state index is 4.55. The van der Waals surface area contributed by atoms with Crippen molar-refractivity contribution in [3.63, 3.8) is 0 Å². The van der Waals surface area contributed by atoms with E-state index in [9.17, 15) is 0 Å². The Kier molecular flexibility index (Phi) is 11.4. The van der Waals surface area contributed by atoms with E-state index in [0.29, 0.717) is 5.92 Å². The highest BCUT2D eigenvalue weighted by atomic mass is 15.2. The van der Waals surface area contributed by atoms with Crippen molar-refractivity contribution in [2.75, 3.05) is 4.90 Å². The Morgan fingerprint density at radius 3 is 2.06 bits per heavy atom. The van der Waals surface area contributed by atoms with Crippen LogP contribution >= 0.6 is 0 Å². The summed E-state index contributed by atoms with van der Waals surface area (Å²) in [6.07, 6.45) is 19.5. The van der Waals surface area contributed by atoms with Crippen LogP contribution in [0.3, 0.4) is 0 Å². The number of benzene rings is 4. The van der Waals surface area contributed by atoms with Crippen LogP contribution in [0.5, 0.6) is 0 Å². The van der Waals surface area contributed by atoms with Gasteiger partial charge in [0.25, 0.3) is 0 Å². The van der Waals surface area contributed by atoms with E-state index < -0.39 is 0 Å². The van der Waals surface area contributed by atoms with Gasteiger partial charge in [-0.15, -0.1) is 0 Å². The molecule has 0 spiro atoms. The van der Waals surface area contributed by atoms with Gasteiger partial charge in [0, 0.05) is 33.6 Å². The third-order valence-electron chi connectivity index (χ3n) is 17.6. The number of hydrogen-bond donors (Lipinski definition) is 0. The first-order chi connectivity index (χ1) is 31.4. The zero-order chi connectivity index (χ0) is 48.3. The van der Waals surface area contributed by atoms with Crippen molar-refractivity contribution in [2.24, 2.45) is 5.92 Å². The minimum absolute atomic E-state index is 0.0245. The summed E-state index contributed by atoms with van der Waals surface area (Å²) >= 11 is 0. The first-order valence-electron chi connectivity index (χ1n) is 25.4. The maximum Gasteiger partial charge on any atom is 0.193 e. The molecule has 5 aliphatic rings. The summed E-state index contributed by atoms with van der Waals surface area (Å²) < 4.78 is 0. The van der Waals surface area contributed by atoms with E-state index in [-0.39, 0.29) is 27.1 Å². The van der Waals surface area contributed by atoms with E-state index >= 15 is 0 Å². The second-order valence-electron chi connectivity index (χ2n) is 24.5. The highest BCUT2D eigenvalue weighted by Crippen LogP contribution is 2.59. The van der Waals surface area contributed by atoms with Crippen LogP contribution in [0.4, 0.5) is 11.4 Å². The lowest BCUT2D eigenvalue weighted by Crippen LogP contribution is -2.41. The third kappa shape index (κ3) is 7.59. The van der Waals surface area contributed by atoms with Crippen molar-refractivity contribution >= 4 is 42.0 Å². The predicted molar refractivity (Wildman–Crippen MR) is 294 cm³/mol. The first-order valence-corrected chi connectivity index (χ1v) is 25.4. The second kappa shape index (κ2) is 16.3. The van der Waals surface area contributed by atoms with Crippen molar-refractivity contribution < 1.29 is 0 Å². The molecule has 1 nitrogen and oxygen atoms in total. The summed E-state index contributed by atoms with van der Waals surface area (Å²) in [4.78, 5) is 2.73. The maximum absolute atomic E-state index is 4.55. The Balaban J connectivity index is 1.35. The summed E-state index contributed by atoms with van der Waals surface area (Å²) in [7, 11) is 2.59. The number of nitrogens with zero attached hydrogens (tertiary/aromatic N) is 1. The van der Waals surface area contributed by atoms with Crippen molar-refractivity contribution in [1.82, 2.24) is 0 Å². The molecule has 1 aliphatic heterocycles. The van der Waals surface area contributed by atoms with Gasteiger partial charge in [0.15, 0.2) is 7.28 Å². The normalized spacial score (nSPS) is 21.6. The van der Waals surface area contributed by atoms with Gasteiger partial charge in [-0.2, -0.15) is 0 Å². The zero-order valence-electron chi connectivity index (χ0n) is 44.1. The molecule has 4 aromatic rings. The minimum atomic E-state index is -0.241. The molecule has 0 saturated carbocycles. The molecule has 67 heavy (non-hydrogen) atoms. The Morgan fingerprint density at radius 1 is 0.716 bits per heavy atom. The number of hydrogen-bond acceptors (Lipinski definition) is 1. The van der Waals surface area contributed by atoms with Crippen LogP contribution in [0.1, 0.15) is 186 Å². The molecule has 0 amide bonds. The first kappa shape index (κ1) is 47.0. The second-order valence-corrected chi connectivity index (χ2v) is 24.5. The lowest BCUT2D eigenvalue weighted by Gasteiger charge is -2.47. The molecule has 0 N–H and O–H groups in total. The smallest absolute Gasteiger partial charge is 0.193 e. The molecule has 1 unspecified atom stereocenters. The number of rotatable bonds is 7. The van der Waals surface area contributed by atoms with Crippen LogP contribution in [0.15, 0.2) is 125 Å². The average Bonchev–Trinajstić information content (AvgIpc) is 3.49. The van der Waals surface area contributed by atoms with Gasteiger partial charge in [0.05, 0.1) is 0 Å². The molecule has 0 fully saturated rings. The highest BCUT2D eigenvalue weighted by Gasteiger charge is 2.49. The number of anilines is 2. The Hall–Kier alpha value is -5.08. The molecule has 2 heteroatoms. The van der Waals surface area contributed by atoms with Crippen LogP contribution < -0.4 is 10.4 Å². The summed E-state index contributed by atoms with van der Waals surface area (Å²) in [5.74, 6) is 0.574. The molecule has 4 aromatic carbocycles. The van der Waals surface area contributed by atoms with Crippen LogP contribution in [0.25, 0.3) is 29.0 Å². The highest BCUT2D eigenvalue weighted by molar-refractivity contribution is 6.68. The Labute approximate surface area is 406 Å². The number of allylic oxidation sites excluding steroid dienone is 10. The molecular formula is C65H77BN. The zero-order valence-corrected chi connectivity index (χ0v) is 44.1. The average molecular weight is 883 g/mol. The van der Waals surface area contributed by atoms with E-state index in [2.05, 4.69) is 227 Å². The molecule has 4 aliphatic carbocycles. The summed E-state index contributed by atoms with van der Waals surface area (Å²) in [6.45, 7) is 43.1. The quantitative estimate of drug-likeness (QED) is 0.132. The van der Waals surface area contributed by atoms with E-state index in [0.717, 1.165) is 24.8 Å². The van der Waals surface area contributed by atoms with Gasteiger partial charge in [-0.1, -0.05) is 183 Å². The third-order valence-corrected chi connectivity index (χ3v) is 17.6. The Morgan fingerprint density at radius 2 is 1.39 bits per heavy atom. The molecule has 0 bridgehead atoms. The molecule has 345 valence electrons. The largest absolute Gasteiger partial charge is 0.311 e. The van der Waals surface area contributed by atoms with Gasteiger partial charge in [-0.05, 0) is 180 Å². The molecule has 1 atom stereocenters. The van der Waals surface area contributed by atoms with Crippen LogP contribution in [0.2, 0.25) is 0 Å². The lowest BCUT2D eigenvalue weighted by molar-refractivity contribution is 0.233. The van der Waals surface area contributed by atoms with Crippen molar-refractivity contribution in [1.29, 1.82) is 0 Å². The predicted octanol–water partition coefficient (Wildman–Crippen LogP) is 17.4. The van der Waals surface area contributed by atoms with Gasteiger partial charge in [0.1, 0.15) is 0 Å². The van der Waals surface area contributed by atoms with Crippen molar-refractivity contribution in [2.45, 2.75) is 170 Å². The van der Waals surface area contributed by atoms with Gasteiger partial charge in [-0.25, -0.2) is 0 Å². The standard InChI is InChI=1S/C65H77BN/c1-18-44-34-45(24-20-22-25-47(39(2)3)49-33-40(4)27-28-42(49)6)57-59(56(44)48-26-21-19-23-41(48)5)67(46-29-30-51-53(35-46)63(12,13)38-43(7)64(51,14)15)58-50-36-54-55(62(10,11)32-31-61(54,8)9)37-52(50)65(16,17)60(58)66-57/h18-26,29-30,33-37,43H,1,27-28,31-32,38H2,2-17H3/b24-20+,25-22-. The molecule has 0 saturated heterocycles. The Bertz CT molecular complexity index is 2950. The van der Waals surface area contributed by atoms with Crippen LogP contribution in [-0.2, 0) is 27.1 Å². The van der Waals surface area contributed by atoms with E-state index in [1.54, 1.807) is 0 Å². The number of fused-ring (bicyclic) bond motifs is 5. The summed E-state index contributed by atoms with van der Waals surface area (Å²) in [6, 6.07) is 24.2. The summed E-state index contributed by atoms with van der Waals surface area (Å²) in [5.41, 5.74) is 28.4. The topological polar surface area (TPSA) is 3.24 Å². The summed E-state index contributed by atoms with van der Waals surface area (Å²) in [5, 5.41) is 0. The van der Waals surface area contributed by atoms with Crippen LogP contribution in [-0.4, -0.2) is 7.28 Å². The van der Waals surface area contributed by atoms with Gasteiger partial charge >= 0.3 is 0 Å². The monoisotopic (exact) mass is 883 g/mol. The van der Waals surface area contributed by atoms with Gasteiger partial charge < -0.3 is 4.90 Å². The molecule has 0 aromatic heterocycles. The fourth-order valence-electron chi connectivity index (χ4n) is 12.8. The SMILES string of the molecule is C=Cc1cc(/C=C/C=C\C(=C(C)C)C2=C(C)CCC(C)=C2)c2c(c1-c1ccccc1C)N(c1ccc3c(c1)C(C)(C)CC(C)C3(C)C)C1=C([B]2)C(C)(C)c2cc3c(cc21)C(C)(C)CCC3(C)C. The molecule has 1 radical (unpaired) electrons. The van der Waals surface area contributed by atoms with Crippen LogP contribution in [0, 0.1) is 12.8 Å².